The quantitative estimate of drug-likeness (QED) is 0.755. The lowest BCUT2D eigenvalue weighted by atomic mass is 10.4. The lowest BCUT2D eigenvalue weighted by molar-refractivity contribution is 0.586. The molecule has 0 radical (unpaired) electrons. The summed E-state index contributed by atoms with van der Waals surface area (Å²) in [6.45, 7) is 0. The molecule has 0 heterocycles. The largest absolute Gasteiger partial charge is 0.313 e. The van der Waals surface area contributed by atoms with Gasteiger partial charge in [-0.05, 0) is 12.8 Å². The Hall–Kier alpha value is -1.33. The third-order valence-electron chi connectivity index (χ3n) is 3.34. The summed E-state index contributed by atoms with van der Waals surface area (Å²) < 4.78 is 13.4. The maximum Gasteiger partial charge on any atom is 0.146 e. The number of hydrogen-bond acceptors (Lipinski definition) is 1. The summed E-state index contributed by atoms with van der Waals surface area (Å²) in [5.41, 5.74) is 0.368. The first kappa shape index (κ1) is 10.8. The highest BCUT2D eigenvalue weighted by Crippen LogP contribution is 2.58. The van der Waals surface area contributed by atoms with E-state index in [0.29, 0.717) is 5.66 Å². The molecule has 2 heteroatoms. The fraction of sp³-hybridized carbons (Fsp3) is 0.200. The number of benzene rings is 2. The second-order valence-corrected chi connectivity index (χ2v) is 7.64. The van der Waals surface area contributed by atoms with Gasteiger partial charge in [-0.2, -0.15) is 0 Å². The Bertz CT molecular complexity index is 500. The second kappa shape index (κ2) is 4.16. The first-order valence-electron chi connectivity index (χ1n) is 6.03. The van der Waals surface area contributed by atoms with Crippen LogP contribution in [-0.4, -0.2) is 5.66 Å². The Morgan fingerprint density at radius 1 is 0.765 bits per heavy atom. The third kappa shape index (κ3) is 1.85. The highest BCUT2D eigenvalue weighted by Gasteiger charge is 2.43. The average molecular weight is 242 g/mol. The first-order valence-corrected chi connectivity index (χ1v) is 7.80. The summed E-state index contributed by atoms with van der Waals surface area (Å²) in [6.07, 6.45) is 2.20. The van der Waals surface area contributed by atoms with Crippen LogP contribution in [0.2, 0.25) is 0 Å². The zero-order valence-corrected chi connectivity index (χ0v) is 10.5. The van der Waals surface area contributed by atoms with Crippen LogP contribution >= 0.6 is 7.14 Å². The van der Waals surface area contributed by atoms with Gasteiger partial charge >= 0.3 is 0 Å². The molecule has 3 rings (SSSR count). The van der Waals surface area contributed by atoms with Gasteiger partial charge in [0.25, 0.3) is 0 Å². The second-order valence-electron chi connectivity index (χ2n) is 4.56. The minimum atomic E-state index is -2.38. The van der Waals surface area contributed by atoms with Gasteiger partial charge in [0, 0.05) is 16.3 Å². The summed E-state index contributed by atoms with van der Waals surface area (Å²) in [5.74, 6) is 0. The van der Waals surface area contributed by atoms with Crippen LogP contribution in [0.1, 0.15) is 12.8 Å². The maximum atomic E-state index is 13.4. The molecule has 0 spiro atoms. The van der Waals surface area contributed by atoms with Crippen molar-refractivity contribution in [2.45, 2.75) is 18.5 Å². The maximum absolute atomic E-state index is 13.4. The molecule has 0 bridgehead atoms. The standard InChI is InChI=1S/C15H15OP/c16-17(15-11-12-15,13-7-3-1-4-8-13)14-9-5-2-6-10-14/h1-10,15H,11-12H2. The molecule has 17 heavy (non-hydrogen) atoms. The number of hydrogen-bond donors (Lipinski definition) is 0. The molecule has 0 aromatic heterocycles. The van der Waals surface area contributed by atoms with E-state index in [0.717, 1.165) is 23.5 Å². The van der Waals surface area contributed by atoms with Crippen molar-refractivity contribution in [2.24, 2.45) is 0 Å². The molecule has 0 atom stereocenters. The van der Waals surface area contributed by atoms with Gasteiger partial charge in [-0.15, -0.1) is 0 Å². The van der Waals surface area contributed by atoms with E-state index in [9.17, 15) is 4.57 Å². The Kier molecular flexibility index (Phi) is 2.64. The van der Waals surface area contributed by atoms with Crippen LogP contribution in [0.3, 0.4) is 0 Å². The lowest BCUT2D eigenvalue weighted by Crippen LogP contribution is -2.18. The van der Waals surface area contributed by atoms with Crippen LogP contribution < -0.4 is 10.6 Å². The summed E-state index contributed by atoms with van der Waals surface area (Å²) in [6, 6.07) is 19.9. The zero-order chi connectivity index (χ0) is 11.7. The molecule has 0 unspecified atom stereocenters. The van der Waals surface area contributed by atoms with Crippen LogP contribution in [0.4, 0.5) is 0 Å². The molecule has 1 fully saturated rings. The zero-order valence-electron chi connectivity index (χ0n) is 9.62. The van der Waals surface area contributed by atoms with Crippen LogP contribution in [-0.2, 0) is 4.57 Å². The summed E-state index contributed by atoms with van der Waals surface area (Å²) in [7, 11) is -2.38. The van der Waals surface area contributed by atoms with Crippen LogP contribution in [0, 0.1) is 0 Å². The van der Waals surface area contributed by atoms with Crippen molar-refractivity contribution >= 4 is 17.8 Å². The monoisotopic (exact) mass is 242 g/mol. The SMILES string of the molecule is O=P(c1ccccc1)(c1ccccc1)C1CC1. The minimum absolute atomic E-state index is 0.368. The smallest absolute Gasteiger partial charge is 0.146 e. The third-order valence-corrected chi connectivity index (χ3v) is 7.02. The van der Waals surface area contributed by atoms with E-state index < -0.39 is 7.14 Å². The molecular formula is C15H15OP. The summed E-state index contributed by atoms with van der Waals surface area (Å²) in [4.78, 5) is 0. The number of rotatable bonds is 3. The predicted molar refractivity (Wildman–Crippen MR) is 72.8 cm³/mol. The van der Waals surface area contributed by atoms with Crippen molar-refractivity contribution in [3.8, 4) is 0 Å². The highest BCUT2D eigenvalue weighted by molar-refractivity contribution is 7.79. The van der Waals surface area contributed by atoms with Gasteiger partial charge in [-0.1, -0.05) is 60.7 Å². The van der Waals surface area contributed by atoms with E-state index in [1.807, 2.05) is 60.7 Å². The van der Waals surface area contributed by atoms with Gasteiger partial charge in [0.1, 0.15) is 7.14 Å². The lowest BCUT2D eigenvalue weighted by Gasteiger charge is -2.18. The van der Waals surface area contributed by atoms with Crippen LogP contribution in [0.5, 0.6) is 0 Å². The average Bonchev–Trinajstić information content (AvgIpc) is 3.24. The van der Waals surface area contributed by atoms with Gasteiger partial charge in [-0.3, -0.25) is 0 Å². The van der Waals surface area contributed by atoms with Crippen molar-refractivity contribution in [3.05, 3.63) is 60.7 Å². The topological polar surface area (TPSA) is 17.1 Å². The molecular weight excluding hydrogens is 227 g/mol. The molecule has 0 aliphatic heterocycles. The van der Waals surface area contributed by atoms with Crippen molar-refractivity contribution in [1.29, 1.82) is 0 Å². The summed E-state index contributed by atoms with van der Waals surface area (Å²) in [5, 5.41) is 2.02. The van der Waals surface area contributed by atoms with E-state index in [-0.39, 0.29) is 0 Å². The van der Waals surface area contributed by atoms with Crippen molar-refractivity contribution in [3.63, 3.8) is 0 Å². The van der Waals surface area contributed by atoms with Crippen LogP contribution in [0.25, 0.3) is 0 Å². The van der Waals surface area contributed by atoms with Gasteiger partial charge in [0.05, 0.1) is 0 Å². The molecule has 1 nitrogen and oxygen atoms in total. The Morgan fingerprint density at radius 3 is 1.53 bits per heavy atom. The first-order chi connectivity index (χ1) is 8.32. The molecule has 0 amide bonds. The van der Waals surface area contributed by atoms with Gasteiger partial charge in [-0.25, -0.2) is 0 Å². The van der Waals surface area contributed by atoms with E-state index in [2.05, 4.69) is 0 Å². The molecule has 2 aromatic rings. The van der Waals surface area contributed by atoms with E-state index in [1.54, 1.807) is 0 Å². The van der Waals surface area contributed by atoms with Gasteiger partial charge in [0.15, 0.2) is 0 Å². The molecule has 1 aliphatic rings. The van der Waals surface area contributed by atoms with E-state index in [4.69, 9.17) is 0 Å². The Balaban J connectivity index is 2.15. The van der Waals surface area contributed by atoms with Crippen LogP contribution in [0.15, 0.2) is 60.7 Å². The predicted octanol–water partition coefficient (Wildman–Crippen LogP) is 3.16. The molecule has 1 aliphatic carbocycles. The molecule has 1 saturated carbocycles. The fourth-order valence-electron chi connectivity index (χ4n) is 2.31. The molecule has 0 N–H and O–H groups in total. The molecule has 86 valence electrons. The highest BCUT2D eigenvalue weighted by atomic mass is 31.2. The van der Waals surface area contributed by atoms with Crippen molar-refractivity contribution in [2.75, 3.05) is 0 Å². The van der Waals surface area contributed by atoms with E-state index >= 15 is 0 Å². The molecule has 0 saturated heterocycles. The van der Waals surface area contributed by atoms with Gasteiger partial charge < -0.3 is 4.57 Å². The Morgan fingerprint density at radius 2 is 1.18 bits per heavy atom. The minimum Gasteiger partial charge on any atom is -0.313 e. The van der Waals surface area contributed by atoms with Gasteiger partial charge in [0.2, 0.25) is 0 Å². The Labute approximate surface area is 102 Å². The normalized spacial score (nSPS) is 15.8. The van der Waals surface area contributed by atoms with Crippen molar-refractivity contribution in [1.82, 2.24) is 0 Å². The fourth-order valence-corrected chi connectivity index (χ4v) is 5.56. The van der Waals surface area contributed by atoms with Crippen molar-refractivity contribution < 1.29 is 4.57 Å². The van der Waals surface area contributed by atoms with E-state index in [1.165, 1.54) is 0 Å². The molecule has 2 aromatic carbocycles. The summed E-state index contributed by atoms with van der Waals surface area (Å²) >= 11 is 0.